The Kier molecular flexibility index (Phi) is 4.64. The molecule has 1 aliphatic heterocycles. The molecule has 2 aliphatic rings. The number of aromatic amines is 1. The molecular weight excluding hydrogens is 282 g/mol. The minimum absolute atomic E-state index is 0.477. The van der Waals surface area contributed by atoms with E-state index in [0.29, 0.717) is 12.1 Å². The van der Waals surface area contributed by atoms with Gasteiger partial charge in [-0.05, 0) is 52.0 Å². The fourth-order valence-electron chi connectivity index (χ4n) is 3.84. The minimum atomic E-state index is 0.477. The van der Waals surface area contributed by atoms with Crippen LogP contribution in [-0.4, -0.2) is 52.4 Å². The maximum absolute atomic E-state index is 5.53. The molecule has 1 aromatic heterocycles. The molecule has 2 heterocycles. The number of H-pyrrole nitrogens is 1. The minimum Gasteiger partial charge on any atom is -0.337 e. The van der Waals surface area contributed by atoms with Gasteiger partial charge in [-0.1, -0.05) is 19.3 Å². The highest BCUT2D eigenvalue weighted by atomic mass is 32.1. The lowest BCUT2D eigenvalue weighted by Crippen LogP contribution is -2.40. The molecule has 3 rings (SSSR count). The van der Waals surface area contributed by atoms with Crippen LogP contribution in [0.3, 0.4) is 0 Å². The lowest BCUT2D eigenvalue weighted by molar-refractivity contribution is 0.332. The van der Waals surface area contributed by atoms with E-state index in [1.54, 1.807) is 0 Å². The Morgan fingerprint density at radius 1 is 1.14 bits per heavy atom. The van der Waals surface area contributed by atoms with Gasteiger partial charge in [-0.25, -0.2) is 5.10 Å². The van der Waals surface area contributed by atoms with Gasteiger partial charge in [0.25, 0.3) is 0 Å². The molecule has 1 saturated carbocycles. The number of hydrogen-bond acceptors (Lipinski definition) is 4. The summed E-state index contributed by atoms with van der Waals surface area (Å²) in [7, 11) is 2.21. The standard InChI is InChI=1S/C15H27N5S/c1-12-11-18(2)9-6-10-19(12)14-16-17-15(21)20(14)13-7-4-3-5-8-13/h12-13H,3-11H2,1-2H3,(H,17,21). The van der Waals surface area contributed by atoms with Gasteiger partial charge in [-0.15, -0.1) is 5.10 Å². The summed E-state index contributed by atoms with van der Waals surface area (Å²) in [6, 6.07) is 1.01. The topological polar surface area (TPSA) is 40.1 Å². The molecule has 0 amide bonds. The zero-order valence-electron chi connectivity index (χ0n) is 13.2. The van der Waals surface area contributed by atoms with Crippen molar-refractivity contribution in [3.63, 3.8) is 0 Å². The van der Waals surface area contributed by atoms with Gasteiger partial charge in [-0.3, -0.25) is 4.57 Å². The number of hydrogen-bond donors (Lipinski definition) is 1. The summed E-state index contributed by atoms with van der Waals surface area (Å²) in [6.45, 7) is 5.61. The average molecular weight is 309 g/mol. The lowest BCUT2D eigenvalue weighted by atomic mass is 9.95. The summed E-state index contributed by atoms with van der Waals surface area (Å²) < 4.78 is 3.10. The fourth-order valence-corrected chi connectivity index (χ4v) is 4.11. The van der Waals surface area contributed by atoms with Gasteiger partial charge in [0.2, 0.25) is 5.95 Å². The van der Waals surface area contributed by atoms with Crippen molar-refractivity contribution in [1.29, 1.82) is 0 Å². The van der Waals surface area contributed by atoms with E-state index in [1.807, 2.05) is 0 Å². The number of nitrogens with one attached hydrogen (secondary N) is 1. The zero-order valence-corrected chi connectivity index (χ0v) is 14.0. The number of rotatable bonds is 2. The first kappa shape index (κ1) is 15.0. The van der Waals surface area contributed by atoms with Crippen LogP contribution >= 0.6 is 12.2 Å². The smallest absolute Gasteiger partial charge is 0.226 e. The van der Waals surface area contributed by atoms with Crippen LogP contribution in [0.4, 0.5) is 5.95 Å². The average Bonchev–Trinajstić information content (AvgIpc) is 2.77. The molecule has 1 unspecified atom stereocenters. The number of aromatic nitrogens is 3. The molecule has 5 nitrogen and oxygen atoms in total. The Hall–Kier alpha value is -0.880. The first-order valence-electron chi connectivity index (χ1n) is 8.29. The molecule has 1 N–H and O–H groups in total. The van der Waals surface area contributed by atoms with E-state index in [0.717, 1.165) is 30.4 Å². The second-order valence-corrected chi connectivity index (χ2v) is 7.04. The van der Waals surface area contributed by atoms with Crippen LogP contribution in [0.2, 0.25) is 0 Å². The largest absolute Gasteiger partial charge is 0.337 e. The Balaban J connectivity index is 1.89. The Bertz CT molecular complexity index is 516. The molecule has 1 saturated heterocycles. The maximum Gasteiger partial charge on any atom is 0.226 e. The summed E-state index contributed by atoms with van der Waals surface area (Å²) >= 11 is 5.53. The van der Waals surface area contributed by atoms with Crippen molar-refractivity contribution in [3.8, 4) is 0 Å². The van der Waals surface area contributed by atoms with Crippen LogP contribution in [0.1, 0.15) is 51.5 Å². The highest BCUT2D eigenvalue weighted by Crippen LogP contribution is 2.32. The highest BCUT2D eigenvalue weighted by molar-refractivity contribution is 7.71. The summed E-state index contributed by atoms with van der Waals surface area (Å²) in [5.41, 5.74) is 0. The van der Waals surface area contributed by atoms with Crippen molar-refractivity contribution in [1.82, 2.24) is 19.7 Å². The SMILES string of the molecule is CC1CN(C)CCCN1c1n[nH]c(=S)n1C1CCCCC1. The molecule has 118 valence electrons. The van der Waals surface area contributed by atoms with E-state index in [4.69, 9.17) is 12.2 Å². The van der Waals surface area contributed by atoms with E-state index in [2.05, 4.69) is 38.5 Å². The highest BCUT2D eigenvalue weighted by Gasteiger charge is 2.27. The molecule has 0 aromatic carbocycles. The first-order valence-corrected chi connectivity index (χ1v) is 8.69. The normalized spacial score (nSPS) is 26.0. The van der Waals surface area contributed by atoms with Crippen LogP contribution in [0, 0.1) is 4.77 Å². The predicted molar refractivity (Wildman–Crippen MR) is 88.5 cm³/mol. The van der Waals surface area contributed by atoms with Crippen LogP contribution in [0.15, 0.2) is 0 Å². The second kappa shape index (κ2) is 6.48. The van der Waals surface area contributed by atoms with Crippen molar-refractivity contribution in [2.24, 2.45) is 0 Å². The van der Waals surface area contributed by atoms with Gasteiger partial charge in [0.1, 0.15) is 0 Å². The van der Waals surface area contributed by atoms with Crippen molar-refractivity contribution >= 4 is 18.2 Å². The molecule has 21 heavy (non-hydrogen) atoms. The van der Waals surface area contributed by atoms with Gasteiger partial charge in [0, 0.05) is 25.2 Å². The number of anilines is 1. The van der Waals surface area contributed by atoms with Crippen LogP contribution in [0.5, 0.6) is 0 Å². The first-order chi connectivity index (χ1) is 10.2. The lowest BCUT2D eigenvalue weighted by Gasteiger charge is -2.32. The van der Waals surface area contributed by atoms with Crippen LogP contribution in [0.25, 0.3) is 0 Å². The molecule has 0 radical (unpaired) electrons. The predicted octanol–water partition coefficient (Wildman–Crippen LogP) is 2.98. The molecule has 1 aromatic rings. The Labute approximate surface area is 132 Å². The molecule has 1 atom stereocenters. The maximum atomic E-state index is 5.53. The molecular formula is C15H27N5S. The van der Waals surface area contributed by atoms with E-state index in [9.17, 15) is 0 Å². The van der Waals surface area contributed by atoms with Crippen molar-refractivity contribution in [3.05, 3.63) is 4.77 Å². The summed E-state index contributed by atoms with van der Waals surface area (Å²) in [4.78, 5) is 4.86. The molecule has 1 aliphatic carbocycles. The molecule has 0 bridgehead atoms. The number of nitrogens with zero attached hydrogens (tertiary/aromatic N) is 4. The third-order valence-electron chi connectivity index (χ3n) is 4.93. The molecule has 0 spiro atoms. The van der Waals surface area contributed by atoms with Gasteiger partial charge in [0.15, 0.2) is 4.77 Å². The van der Waals surface area contributed by atoms with Crippen molar-refractivity contribution in [2.45, 2.75) is 57.5 Å². The summed E-state index contributed by atoms with van der Waals surface area (Å²) in [5.74, 6) is 1.06. The number of likely N-dealkylation sites (N-methyl/N-ethyl adjacent to an activating group) is 1. The van der Waals surface area contributed by atoms with Gasteiger partial charge < -0.3 is 9.80 Å². The Morgan fingerprint density at radius 2 is 1.90 bits per heavy atom. The van der Waals surface area contributed by atoms with Crippen LogP contribution < -0.4 is 4.90 Å². The van der Waals surface area contributed by atoms with Crippen molar-refractivity contribution in [2.75, 3.05) is 31.6 Å². The fraction of sp³-hybridized carbons (Fsp3) is 0.867. The van der Waals surface area contributed by atoms with Gasteiger partial charge in [-0.2, -0.15) is 0 Å². The van der Waals surface area contributed by atoms with E-state index in [-0.39, 0.29) is 0 Å². The summed E-state index contributed by atoms with van der Waals surface area (Å²) in [5, 5.41) is 7.63. The van der Waals surface area contributed by atoms with Gasteiger partial charge in [0.05, 0.1) is 0 Å². The van der Waals surface area contributed by atoms with E-state index in [1.165, 1.54) is 38.5 Å². The zero-order chi connectivity index (χ0) is 14.8. The quantitative estimate of drug-likeness (QED) is 0.853. The van der Waals surface area contributed by atoms with Crippen molar-refractivity contribution < 1.29 is 0 Å². The molecule has 2 fully saturated rings. The monoisotopic (exact) mass is 309 g/mol. The van der Waals surface area contributed by atoms with E-state index >= 15 is 0 Å². The van der Waals surface area contributed by atoms with Crippen LogP contribution in [-0.2, 0) is 0 Å². The third-order valence-corrected chi connectivity index (χ3v) is 5.22. The van der Waals surface area contributed by atoms with Gasteiger partial charge >= 0.3 is 0 Å². The van der Waals surface area contributed by atoms with E-state index < -0.39 is 0 Å². The molecule has 6 heteroatoms. The second-order valence-electron chi connectivity index (χ2n) is 6.65. The Morgan fingerprint density at radius 3 is 2.67 bits per heavy atom. The third kappa shape index (κ3) is 3.16. The summed E-state index contributed by atoms with van der Waals surface area (Å²) in [6.07, 6.45) is 7.66.